The molecule has 1 N–H and O–H groups in total. The molecular formula is C23H31N5O. The lowest BCUT2D eigenvalue weighted by Crippen LogP contribution is -2.39. The molecule has 1 fully saturated rings. The molecule has 0 bridgehead atoms. The van der Waals surface area contributed by atoms with E-state index >= 15 is 0 Å². The largest absolute Gasteiger partial charge is 0.373 e. The normalized spacial score (nSPS) is 19.7. The summed E-state index contributed by atoms with van der Waals surface area (Å²) in [4.78, 5) is 26.1. The Bertz CT molecular complexity index is 854. The lowest BCUT2D eigenvalue weighted by molar-refractivity contribution is -0.130. The summed E-state index contributed by atoms with van der Waals surface area (Å²) in [5.41, 5.74) is 3.79. The van der Waals surface area contributed by atoms with Crippen LogP contribution in [0.2, 0.25) is 0 Å². The van der Waals surface area contributed by atoms with E-state index in [9.17, 15) is 4.79 Å². The van der Waals surface area contributed by atoms with Gasteiger partial charge in [-0.2, -0.15) is 0 Å². The van der Waals surface area contributed by atoms with Crippen molar-refractivity contribution in [3.63, 3.8) is 0 Å². The molecule has 29 heavy (non-hydrogen) atoms. The highest BCUT2D eigenvalue weighted by atomic mass is 16.2. The average Bonchev–Trinajstić information content (AvgIpc) is 2.77. The van der Waals surface area contributed by atoms with Crippen LogP contribution < -0.4 is 5.32 Å². The first-order valence-corrected chi connectivity index (χ1v) is 10.7. The number of hydrogen-bond donors (Lipinski definition) is 1. The van der Waals surface area contributed by atoms with Crippen molar-refractivity contribution in [3.8, 4) is 0 Å². The van der Waals surface area contributed by atoms with Crippen LogP contribution in [0.15, 0.2) is 30.3 Å². The number of rotatable bonds is 5. The minimum Gasteiger partial charge on any atom is -0.373 e. The summed E-state index contributed by atoms with van der Waals surface area (Å²) in [7, 11) is 1.94. The first kappa shape index (κ1) is 19.8. The predicted molar refractivity (Wildman–Crippen MR) is 115 cm³/mol. The van der Waals surface area contributed by atoms with Gasteiger partial charge in [0, 0.05) is 58.2 Å². The summed E-state index contributed by atoms with van der Waals surface area (Å²) in [6.07, 6.45) is 4.10. The van der Waals surface area contributed by atoms with Gasteiger partial charge in [-0.15, -0.1) is 0 Å². The molecule has 0 saturated carbocycles. The Hall–Kier alpha value is -2.47. The standard InChI is InChI=1S/C23H31N5O/c1-17(29)28-12-6-9-19(15-28)22-25-21-16-27(13-10-18-7-4-3-5-8-18)14-11-20(21)23(24-2)26-22/h3-5,7-8,19H,6,9-16H2,1-2H3,(H,24,25,26)/t19-/m0/s1. The van der Waals surface area contributed by atoms with Crippen LogP contribution in [0.4, 0.5) is 5.82 Å². The van der Waals surface area contributed by atoms with Crippen molar-refractivity contribution < 1.29 is 4.79 Å². The molecule has 3 heterocycles. The fraction of sp³-hybridized carbons (Fsp3) is 0.522. The number of piperidine rings is 1. The van der Waals surface area contributed by atoms with Crippen molar-refractivity contribution in [2.24, 2.45) is 0 Å². The summed E-state index contributed by atoms with van der Waals surface area (Å²) in [5.74, 6) is 2.23. The van der Waals surface area contributed by atoms with Crippen LogP contribution in [0.1, 0.15) is 48.3 Å². The van der Waals surface area contributed by atoms with Gasteiger partial charge in [0.05, 0.1) is 5.69 Å². The summed E-state index contributed by atoms with van der Waals surface area (Å²) in [5, 5.41) is 3.29. The van der Waals surface area contributed by atoms with E-state index in [1.807, 2.05) is 11.9 Å². The summed E-state index contributed by atoms with van der Waals surface area (Å²) in [6.45, 7) is 6.19. The maximum absolute atomic E-state index is 11.8. The number of nitrogens with one attached hydrogen (secondary N) is 1. The Morgan fingerprint density at radius 1 is 1.21 bits per heavy atom. The van der Waals surface area contributed by atoms with E-state index in [4.69, 9.17) is 9.97 Å². The highest BCUT2D eigenvalue weighted by Crippen LogP contribution is 2.29. The average molecular weight is 394 g/mol. The van der Waals surface area contributed by atoms with Gasteiger partial charge < -0.3 is 10.2 Å². The van der Waals surface area contributed by atoms with Crippen LogP contribution in [-0.2, 0) is 24.2 Å². The van der Waals surface area contributed by atoms with Gasteiger partial charge >= 0.3 is 0 Å². The molecule has 0 spiro atoms. The molecule has 0 radical (unpaired) electrons. The predicted octanol–water partition coefficient (Wildman–Crippen LogP) is 2.85. The van der Waals surface area contributed by atoms with Crippen LogP contribution >= 0.6 is 0 Å². The zero-order chi connectivity index (χ0) is 20.2. The van der Waals surface area contributed by atoms with Crippen molar-refractivity contribution in [1.82, 2.24) is 19.8 Å². The number of carbonyl (C=O) groups is 1. The SMILES string of the molecule is CNc1nc([C@H]2CCCN(C(C)=O)C2)nc2c1CCN(CCc1ccccc1)C2. The number of amides is 1. The lowest BCUT2D eigenvalue weighted by Gasteiger charge is -2.33. The smallest absolute Gasteiger partial charge is 0.219 e. The van der Waals surface area contributed by atoms with Crippen molar-refractivity contribution in [2.75, 3.05) is 38.5 Å². The van der Waals surface area contributed by atoms with E-state index in [1.165, 1.54) is 11.1 Å². The number of anilines is 1. The summed E-state index contributed by atoms with van der Waals surface area (Å²) >= 11 is 0. The number of fused-ring (bicyclic) bond motifs is 1. The van der Waals surface area contributed by atoms with Crippen LogP contribution in [0, 0.1) is 0 Å². The van der Waals surface area contributed by atoms with E-state index in [0.29, 0.717) is 0 Å². The molecule has 2 aliphatic heterocycles. The Balaban J connectivity index is 1.50. The molecule has 6 nitrogen and oxygen atoms in total. The molecule has 1 aromatic carbocycles. The first-order chi connectivity index (χ1) is 14.1. The number of aromatic nitrogens is 2. The Morgan fingerprint density at radius 3 is 2.79 bits per heavy atom. The maximum atomic E-state index is 11.8. The molecule has 2 aromatic rings. The van der Waals surface area contributed by atoms with Gasteiger partial charge in [0.15, 0.2) is 0 Å². The molecule has 2 aliphatic rings. The van der Waals surface area contributed by atoms with Gasteiger partial charge in [-0.3, -0.25) is 9.69 Å². The van der Waals surface area contributed by atoms with Gasteiger partial charge in [0.25, 0.3) is 0 Å². The molecule has 4 rings (SSSR count). The van der Waals surface area contributed by atoms with Crippen LogP contribution in [-0.4, -0.2) is 58.9 Å². The zero-order valence-corrected chi connectivity index (χ0v) is 17.5. The molecule has 6 heteroatoms. The van der Waals surface area contributed by atoms with Crippen molar-refractivity contribution >= 4 is 11.7 Å². The molecule has 1 amide bonds. The van der Waals surface area contributed by atoms with Crippen molar-refractivity contribution in [3.05, 3.63) is 53.0 Å². The van der Waals surface area contributed by atoms with Gasteiger partial charge in [-0.25, -0.2) is 9.97 Å². The molecule has 1 aromatic heterocycles. The molecule has 0 aliphatic carbocycles. The minimum atomic E-state index is 0.147. The van der Waals surface area contributed by atoms with Crippen LogP contribution in [0.25, 0.3) is 0 Å². The molecule has 0 unspecified atom stereocenters. The Kier molecular flexibility index (Phi) is 6.09. The third kappa shape index (κ3) is 4.58. The Morgan fingerprint density at radius 2 is 2.03 bits per heavy atom. The van der Waals surface area contributed by atoms with E-state index in [-0.39, 0.29) is 11.8 Å². The van der Waals surface area contributed by atoms with E-state index in [2.05, 4.69) is 40.5 Å². The first-order valence-electron chi connectivity index (χ1n) is 10.7. The second-order valence-corrected chi connectivity index (χ2v) is 8.17. The highest BCUT2D eigenvalue weighted by Gasteiger charge is 2.28. The van der Waals surface area contributed by atoms with E-state index in [0.717, 1.165) is 75.7 Å². The molecule has 154 valence electrons. The third-order valence-electron chi connectivity index (χ3n) is 6.19. The fourth-order valence-electron chi connectivity index (χ4n) is 4.49. The van der Waals surface area contributed by atoms with Gasteiger partial charge in [0.1, 0.15) is 11.6 Å². The number of likely N-dealkylation sites (tertiary alicyclic amines) is 1. The third-order valence-corrected chi connectivity index (χ3v) is 6.19. The molecular weight excluding hydrogens is 362 g/mol. The van der Waals surface area contributed by atoms with Crippen LogP contribution in [0.3, 0.4) is 0 Å². The second-order valence-electron chi connectivity index (χ2n) is 8.17. The molecule has 1 saturated heterocycles. The van der Waals surface area contributed by atoms with Crippen LogP contribution in [0.5, 0.6) is 0 Å². The maximum Gasteiger partial charge on any atom is 0.219 e. The topological polar surface area (TPSA) is 61.4 Å². The monoisotopic (exact) mass is 393 g/mol. The number of carbonyl (C=O) groups excluding carboxylic acids is 1. The van der Waals surface area contributed by atoms with Crippen molar-refractivity contribution in [2.45, 2.75) is 45.1 Å². The number of nitrogens with zero attached hydrogens (tertiary/aromatic N) is 4. The highest BCUT2D eigenvalue weighted by molar-refractivity contribution is 5.73. The molecule has 1 atom stereocenters. The Labute approximate surface area is 173 Å². The van der Waals surface area contributed by atoms with Gasteiger partial charge in [0.2, 0.25) is 5.91 Å². The minimum absolute atomic E-state index is 0.147. The van der Waals surface area contributed by atoms with E-state index in [1.54, 1.807) is 6.92 Å². The lowest BCUT2D eigenvalue weighted by atomic mass is 9.96. The van der Waals surface area contributed by atoms with Crippen molar-refractivity contribution in [1.29, 1.82) is 0 Å². The number of benzene rings is 1. The summed E-state index contributed by atoms with van der Waals surface area (Å²) < 4.78 is 0. The fourth-order valence-corrected chi connectivity index (χ4v) is 4.49. The van der Waals surface area contributed by atoms with Gasteiger partial charge in [-0.1, -0.05) is 30.3 Å². The zero-order valence-electron chi connectivity index (χ0n) is 17.5. The quantitative estimate of drug-likeness (QED) is 0.846. The summed E-state index contributed by atoms with van der Waals surface area (Å²) in [6, 6.07) is 10.7. The van der Waals surface area contributed by atoms with Gasteiger partial charge in [-0.05, 0) is 31.2 Å². The second kappa shape index (κ2) is 8.91. The number of hydrogen-bond acceptors (Lipinski definition) is 5. The van der Waals surface area contributed by atoms with E-state index < -0.39 is 0 Å².